The molecule has 0 saturated heterocycles. The number of nitrogens with zero attached hydrogens (tertiary/aromatic N) is 2. The Morgan fingerprint density at radius 1 is 1.89 bits per heavy atom. The van der Waals surface area contributed by atoms with Gasteiger partial charge < -0.3 is 0 Å². The first-order chi connectivity index (χ1) is 4.43. The molecule has 9 heavy (non-hydrogen) atoms. The van der Waals surface area contributed by atoms with Crippen molar-refractivity contribution in [3.05, 3.63) is 18.0 Å². The molecule has 0 bridgehead atoms. The van der Waals surface area contributed by atoms with Crippen LogP contribution in [0.3, 0.4) is 0 Å². The summed E-state index contributed by atoms with van der Waals surface area (Å²) in [5, 5.41) is 6.75. The van der Waals surface area contributed by atoms with Crippen LogP contribution in [-0.4, -0.2) is 15.3 Å². The van der Waals surface area contributed by atoms with E-state index in [9.17, 15) is 0 Å². The number of aromatic nitrogens is 2. The highest BCUT2D eigenvalue weighted by molar-refractivity contribution is 7.99. The molecule has 1 aromatic rings. The van der Waals surface area contributed by atoms with Crippen LogP contribution in [-0.2, 0) is 0 Å². The topological polar surface area (TPSA) is 25.8 Å². The van der Waals surface area contributed by atoms with E-state index in [4.69, 9.17) is 0 Å². The molecule has 1 aromatic heterocycles. The van der Waals surface area contributed by atoms with Gasteiger partial charge in [-0.3, -0.25) is 0 Å². The predicted octanol–water partition coefficient (Wildman–Crippen LogP) is 1.82. The van der Waals surface area contributed by atoms with E-state index in [1.165, 1.54) is 11.5 Å². The lowest BCUT2D eigenvalue weighted by atomic mass is 10.8. The van der Waals surface area contributed by atoms with Crippen molar-refractivity contribution >= 4 is 23.3 Å². The van der Waals surface area contributed by atoms with Gasteiger partial charge >= 0.3 is 0 Å². The average molecular weight is 158 g/mol. The van der Waals surface area contributed by atoms with Crippen molar-refractivity contribution in [1.82, 2.24) is 9.59 Å². The van der Waals surface area contributed by atoms with Crippen LogP contribution in [0, 0.1) is 0 Å². The lowest BCUT2D eigenvalue weighted by Gasteiger charge is -1.84. The van der Waals surface area contributed by atoms with Crippen LogP contribution >= 0.6 is 23.3 Å². The Morgan fingerprint density at radius 3 is 3.33 bits per heavy atom. The summed E-state index contributed by atoms with van der Waals surface area (Å²) in [6, 6.07) is 0. The van der Waals surface area contributed by atoms with Gasteiger partial charge in [0.2, 0.25) is 0 Å². The highest BCUT2D eigenvalue weighted by Gasteiger charge is 1.91. The molecule has 0 fully saturated rings. The van der Waals surface area contributed by atoms with Crippen molar-refractivity contribution in [2.45, 2.75) is 5.03 Å². The van der Waals surface area contributed by atoms with Gasteiger partial charge in [-0.25, -0.2) is 0 Å². The minimum Gasteiger partial charge on any atom is -0.132 e. The van der Waals surface area contributed by atoms with E-state index in [1.807, 2.05) is 11.5 Å². The Hall–Kier alpha value is -0.350. The van der Waals surface area contributed by atoms with E-state index in [1.54, 1.807) is 11.8 Å². The van der Waals surface area contributed by atoms with Crippen molar-refractivity contribution in [1.29, 1.82) is 0 Å². The monoisotopic (exact) mass is 158 g/mol. The Kier molecular flexibility index (Phi) is 2.73. The maximum Gasteiger partial charge on any atom is 0.132 e. The molecular weight excluding hydrogens is 152 g/mol. The van der Waals surface area contributed by atoms with Crippen LogP contribution in [0.2, 0.25) is 0 Å². The molecule has 0 unspecified atom stereocenters. The third-order valence-corrected chi connectivity index (χ3v) is 2.24. The molecule has 0 aliphatic carbocycles. The van der Waals surface area contributed by atoms with E-state index in [0.717, 1.165) is 10.8 Å². The fourth-order valence-electron chi connectivity index (χ4n) is 0.363. The molecule has 0 spiro atoms. The molecule has 2 nitrogen and oxygen atoms in total. The lowest BCUT2D eigenvalue weighted by molar-refractivity contribution is 1.04. The second kappa shape index (κ2) is 3.63. The minimum atomic E-state index is 0.908. The van der Waals surface area contributed by atoms with Gasteiger partial charge in [-0.2, -0.15) is 0 Å². The zero-order chi connectivity index (χ0) is 6.53. The molecule has 0 aromatic carbocycles. The van der Waals surface area contributed by atoms with Gasteiger partial charge in [0.1, 0.15) is 5.03 Å². The molecule has 48 valence electrons. The smallest absolute Gasteiger partial charge is 0.132 e. The largest absolute Gasteiger partial charge is 0.132 e. The molecule has 0 atom stereocenters. The van der Waals surface area contributed by atoms with Gasteiger partial charge in [-0.1, -0.05) is 22.3 Å². The third kappa shape index (κ3) is 2.15. The molecule has 1 heterocycles. The molecule has 0 radical (unpaired) electrons. The Balaban J connectivity index is 2.38. The summed E-state index contributed by atoms with van der Waals surface area (Å²) in [7, 11) is 0. The minimum absolute atomic E-state index is 0.908. The van der Waals surface area contributed by atoms with Gasteiger partial charge in [0, 0.05) is 11.1 Å². The maximum absolute atomic E-state index is 3.84. The quantitative estimate of drug-likeness (QED) is 0.495. The molecule has 4 heteroatoms. The summed E-state index contributed by atoms with van der Waals surface area (Å²) in [6.07, 6.45) is 1.85. The molecule has 0 aliphatic rings. The van der Waals surface area contributed by atoms with Gasteiger partial charge in [-0.15, -0.1) is 11.7 Å². The highest BCUT2D eigenvalue weighted by Crippen LogP contribution is 2.14. The maximum atomic E-state index is 3.84. The Bertz CT molecular complexity index is 171. The molecule has 0 amide bonds. The van der Waals surface area contributed by atoms with Crippen molar-refractivity contribution in [2.75, 3.05) is 5.75 Å². The summed E-state index contributed by atoms with van der Waals surface area (Å²) in [5.74, 6) is 0.908. The molecule has 0 N–H and O–H groups in total. The van der Waals surface area contributed by atoms with E-state index in [-0.39, 0.29) is 0 Å². The summed E-state index contributed by atoms with van der Waals surface area (Å²) in [6.45, 7) is 3.59. The summed E-state index contributed by atoms with van der Waals surface area (Å²) in [5.41, 5.74) is 0. The van der Waals surface area contributed by atoms with Crippen LogP contribution < -0.4 is 0 Å². The standard InChI is InChI=1S/C5H6N2S2/c1-2-3-8-5-4-9-7-6-5/h2,4H,1,3H2. The van der Waals surface area contributed by atoms with Crippen LogP contribution in [0.15, 0.2) is 23.1 Å². The van der Waals surface area contributed by atoms with E-state index in [0.29, 0.717) is 0 Å². The zero-order valence-electron chi connectivity index (χ0n) is 4.78. The number of rotatable bonds is 3. The van der Waals surface area contributed by atoms with Crippen LogP contribution in [0.4, 0.5) is 0 Å². The van der Waals surface area contributed by atoms with Crippen molar-refractivity contribution in [3.63, 3.8) is 0 Å². The number of thioether (sulfide) groups is 1. The van der Waals surface area contributed by atoms with Crippen molar-refractivity contribution in [2.24, 2.45) is 0 Å². The fourth-order valence-corrected chi connectivity index (χ4v) is 1.52. The highest BCUT2D eigenvalue weighted by atomic mass is 32.2. The van der Waals surface area contributed by atoms with Crippen LogP contribution in [0.1, 0.15) is 0 Å². The first kappa shape index (κ1) is 6.77. The zero-order valence-corrected chi connectivity index (χ0v) is 6.41. The van der Waals surface area contributed by atoms with E-state index >= 15 is 0 Å². The normalized spacial score (nSPS) is 9.33. The van der Waals surface area contributed by atoms with Gasteiger partial charge in [0.15, 0.2) is 0 Å². The Labute approximate surface area is 62.1 Å². The summed E-state index contributed by atoms with van der Waals surface area (Å²) < 4.78 is 3.71. The van der Waals surface area contributed by atoms with Gasteiger partial charge in [0.25, 0.3) is 0 Å². The SMILES string of the molecule is C=CCSc1csnn1. The number of hydrogen-bond donors (Lipinski definition) is 0. The predicted molar refractivity (Wildman–Crippen MR) is 40.8 cm³/mol. The van der Waals surface area contributed by atoms with E-state index in [2.05, 4.69) is 16.2 Å². The van der Waals surface area contributed by atoms with Crippen LogP contribution in [0.5, 0.6) is 0 Å². The van der Waals surface area contributed by atoms with Crippen molar-refractivity contribution in [3.8, 4) is 0 Å². The second-order valence-electron chi connectivity index (χ2n) is 1.34. The average Bonchev–Trinajstić information content (AvgIpc) is 2.34. The first-order valence-electron chi connectivity index (χ1n) is 2.44. The third-order valence-electron chi connectivity index (χ3n) is 0.689. The lowest BCUT2D eigenvalue weighted by Crippen LogP contribution is -1.71. The molecule has 0 saturated carbocycles. The fraction of sp³-hybridized carbons (Fsp3) is 0.200. The molecular formula is C5H6N2S2. The Morgan fingerprint density at radius 2 is 2.78 bits per heavy atom. The van der Waals surface area contributed by atoms with Crippen molar-refractivity contribution < 1.29 is 0 Å². The second-order valence-corrected chi connectivity index (χ2v) is 2.99. The van der Waals surface area contributed by atoms with Crippen LogP contribution in [0.25, 0.3) is 0 Å². The molecule has 1 rings (SSSR count). The number of hydrogen-bond acceptors (Lipinski definition) is 4. The summed E-state index contributed by atoms with van der Waals surface area (Å²) >= 11 is 3.02. The first-order valence-corrected chi connectivity index (χ1v) is 4.26. The van der Waals surface area contributed by atoms with E-state index < -0.39 is 0 Å². The molecule has 0 aliphatic heterocycles. The van der Waals surface area contributed by atoms with Gasteiger partial charge in [-0.05, 0) is 11.5 Å². The summed E-state index contributed by atoms with van der Waals surface area (Å²) in [4.78, 5) is 0. The van der Waals surface area contributed by atoms with Gasteiger partial charge in [0.05, 0.1) is 0 Å².